The molecule has 0 unspecified atom stereocenters. The van der Waals surface area contributed by atoms with Crippen LogP contribution in [0.3, 0.4) is 0 Å². The van der Waals surface area contributed by atoms with Crippen molar-refractivity contribution in [1.82, 2.24) is 0 Å². The Bertz CT molecular complexity index is 596. The topological polar surface area (TPSA) is 26.3 Å². The van der Waals surface area contributed by atoms with Crippen molar-refractivity contribution < 1.29 is 9.53 Å². The van der Waals surface area contributed by atoms with Crippen molar-refractivity contribution in [2.75, 3.05) is 7.11 Å². The number of aryl methyl sites for hydroxylation is 1. The fourth-order valence-corrected chi connectivity index (χ4v) is 8.83. The lowest BCUT2D eigenvalue weighted by Gasteiger charge is -2.38. The van der Waals surface area contributed by atoms with Gasteiger partial charge >= 0.3 is 5.97 Å². The predicted octanol–water partition coefficient (Wildman–Crippen LogP) is 5.35. The summed E-state index contributed by atoms with van der Waals surface area (Å²) < 4.78 is 4.81. The van der Waals surface area contributed by atoms with Gasteiger partial charge in [-0.1, -0.05) is 53.5 Å². The molecule has 23 heavy (non-hydrogen) atoms. The van der Waals surface area contributed by atoms with E-state index in [4.69, 9.17) is 4.74 Å². The Balaban J connectivity index is 3.40. The van der Waals surface area contributed by atoms with Gasteiger partial charge in [0, 0.05) is 5.56 Å². The number of hydrogen-bond acceptors (Lipinski definition) is 2. The maximum atomic E-state index is 11.7. The SMILES string of the molecule is COC(=O)c1ccc(C)c(C#C[Si](C(C)C)(C(C)C)C(C)C)c1. The quantitative estimate of drug-likeness (QED) is 0.422. The Labute approximate surface area is 142 Å². The summed E-state index contributed by atoms with van der Waals surface area (Å²) in [6.45, 7) is 15.9. The Morgan fingerprint density at radius 2 is 1.57 bits per heavy atom. The lowest BCUT2D eigenvalue weighted by Crippen LogP contribution is -2.43. The number of benzene rings is 1. The number of ether oxygens (including phenoxy) is 1. The van der Waals surface area contributed by atoms with Gasteiger partial charge < -0.3 is 4.74 Å². The van der Waals surface area contributed by atoms with Crippen LogP contribution in [0.2, 0.25) is 16.6 Å². The molecule has 0 aliphatic heterocycles. The van der Waals surface area contributed by atoms with E-state index in [9.17, 15) is 4.79 Å². The van der Waals surface area contributed by atoms with Crippen LogP contribution in [0, 0.1) is 18.4 Å². The van der Waals surface area contributed by atoms with Crippen molar-refractivity contribution >= 4 is 14.0 Å². The lowest BCUT2D eigenvalue weighted by atomic mass is 10.1. The highest BCUT2D eigenvalue weighted by Crippen LogP contribution is 2.40. The summed E-state index contributed by atoms with van der Waals surface area (Å²) in [5.41, 5.74) is 8.10. The minimum atomic E-state index is -1.76. The van der Waals surface area contributed by atoms with Crippen LogP contribution in [0.15, 0.2) is 18.2 Å². The molecule has 0 atom stereocenters. The molecule has 2 nitrogen and oxygen atoms in total. The number of carbonyl (C=O) groups is 1. The van der Waals surface area contributed by atoms with E-state index in [2.05, 4.69) is 53.0 Å². The van der Waals surface area contributed by atoms with Gasteiger partial charge in [-0.15, -0.1) is 5.54 Å². The monoisotopic (exact) mass is 330 g/mol. The first-order valence-electron chi connectivity index (χ1n) is 8.38. The van der Waals surface area contributed by atoms with Crippen molar-refractivity contribution in [3.63, 3.8) is 0 Å². The molecule has 126 valence electrons. The van der Waals surface area contributed by atoms with Crippen LogP contribution < -0.4 is 0 Å². The van der Waals surface area contributed by atoms with Gasteiger partial charge in [0.25, 0.3) is 0 Å². The minimum Gasteiger partial charge on any atom is -0.465 e. The number of methoxy groups -OCH3 is 1. The lowest BCUT2D eigenvalue weighted by molar-refractivity contribution is 0.0600. The molecule has 3 heteroatoms. The van der Waals surface area contributed by atoms with Crippen molar-refractivity contribution in [3.05, 3.63) is 34.9 Å². The van der Waals surface area contributed by atoms with E-state index >= 15 is 0 Å². The second kappa shape index (κ2) is 7.83. The van der Waals surface area contributed by atoms with E-state index in [-0.39, 0.29) is 5.97 Å². The van der Waals surface area contributed by atoms with Crippen LogP contribution >= 0.6 is 0 Å². The van der Waals surface area contributed by atoms with E-state index in [1.807, 2.05) is 19.1 Å². The van der Waals surface area contributed by atoms with Crippen LogP contribution in [0.5, 0.6) is 0 Å². The molecule has 0 heterocycles. The molecule has 0 N–H and O–H groups in total. The normalized spacial score (nSPS) is 11.6. The van der Waals surface area contributed by atoms with Crippen molar-refractivity contribution in [3.8, 4) is 11.5 Å². The van der Waals surface area contributed by atoms with Gasteiger partial charge in [0.05, 0.1) is 12.7 Å². The molecule has 0 aromatic heterocycles. The van der Waals surface area contributed by atoms with Gasteiger partial charge in [-0.2, -0.15) is 0 Å². The largest absolute Gasteiger partial charge is 0.465 e. The average molecular weight is 331 g/mol. The third-order valence-electron chi connectivity index (χ3n) is 4.94. The Kier molecular flexibility index (Phi) is 6.65. The molecule has 0 aliphatic carbocycles. The smallest absolute Gasteiger partial charge is 0.337 e. The van der Waals surface area contributed by atoms with E-state index < -0.39 is 8.07 Å². The fourth-order valence-electron chi connectivity index (χ4n) is 3.61. The van der Waals surface area contributed by atoms with Crippen molar-refractivity contribution in [1.29, 1.82) is 0 Å². The zero-order chi connectivity index (χ0) is 17.8. The summed E-state index contributed by atoms with van der Waals surface area (Å²) in [5, 5.41) is 0. The summed E-state index contributed by atoms with van der Waals surface area (Å²) >= 11 is 0. The molecule has 0 radical (unpaired) electrons. The highest BCUT2D eigenvalue weighted by atomic mass is 28.3. The summed E-state index contributed by atoms with van der Waals surface area (Å²) in [6.07, 6.45) is 0. The molecule has 0 spiro atoms. The Morgan fingerprint density at radius 3 is 2.00 bits per heavy atom. The number of carbonyl (C=O) groups excluding carboxylic acids is 1. The molecular weight excluding hydrogens is 300 g/mol. The first-order chi connectivity index (χ1) is 10.7. The van der Waals surface area contributed by atoms with E-state index in [1.54, 1.807) is 6.07 Å². The van der Waals surface area contributed by atoms with Crippen molar-refractivity contribution in [2.45, 2.75) is 65.1 Å². The molecule has 0 amide bonds. The molecule has 0 saturated heterocycles. The third kappa shape index (κ3) is 4.06. The summed E-state index contributed by atoms with van der Waals surface area (Å²) in [6, 6.07) is 5.60. The number of hydrogen-bond donors (Lipinski definition) is 0. The molecule has 0 aliphatic rings. The van der Waals surface area contributed by atoms with Crippen LogP contribution in [0.25, 0.3) is 0 Å². The summed E-state index contributed by atoms with van der Waals surface area (Å²) in [4.78, 5) is 11.7. The molecule has 1 aromatic rings. The van der Waals surface area contributed by atoms with Gasteiger partial charge in [0.1, 0.15) is 8.07 Å². The molecule has 0 fully saturated rings. The second-order valence-electron chi connectivity index (χ2n) is 7.17. The minimum absolute atomic E-state index is 0.312. The van der Waals surface area contributed by atoms with Gasteiger partial charge in [0.15, 0.2) is 0 Å². The molecule has 0 saturated carbocycles. The van der Waals surface area contributed by atoms with Crippen LogP contribution in [0.1, 0.15) is 63.0 Å². The predicted molar refractivity (Wildman–Crippen MR) is 100 cm³/mol. The molecule has 0 bridgehead atoms. The van der Waals surface area contributed by atoms with E-state index in [0.29, 0.717) is 22.2 Å². The molecule has 1 rings (SSSR count). The second-order valence-corrected chi connectivity index (χ2v) is 12.7. The fraction of sp³-hybridized carbons (Fsp3) is 0.550. The number of esters is 1. The highest BCUT2D eigenvalue weighted by Gasteiger charge is 2.41. The first kappa shape index (κ1) is 19.5. The first-order valence-corrected chi connectivity index (χ1v) is 10.6. The van der Waals surface area contributed by atoms with Crippen LogP contribution in [-0.2, 0) is 4.74 Å². The van der Waals surface area contributed by atoms with Gasteiger partial charge in [0.2, 0.25) is 0 Å². The Hall–Kier alpha value is -1.53. The molecule has 1 aromatic carbocycles. The summed E-state index contributed by atoms with van der Waals surface area (Å²) in [5.74, 6) is 3.11. The maximum Gasteiger partial charge on any atom is 0.337 e. The standard InChI is InChI=1S/C20H30O2Si/c1-14(2)23(15(3)4,16(5)6)12-11-18-13-19(20(21)22-8)10-9-17(18)7/h9-10,13-16H,1-8H3. The van der Waals surface area contributed by atoms with Gasteiger partial charge in [-0.05, 0) is 41.2 Å². The number of rotatable bonds is 4. The highest BCUT2D eigenvalue weighted by molar-refractivity contribution is 6.90. The van der Waals surface area contributed by atoms with E-state index in [1.165, 1.54) is 7.11 Å². The van der Waals surface area contributed by atoms with Crippen LogP contribution in [-0.4, -0.2) is 21.2 Å². The Morgan fingerprint density at radius 1 is 1.04 bits per heavy atom. The summed E-state index contributed by atoms with van der Waals surface area (Å²) in [7, 11) is -0.359. The molecular formula is C20H30O2Si. The zero-order valence-electron chi connectivity index (χ0n) is 15.8. The van der Waals surface area contributed by atoms with E-state index in [0.717, 1.165) is 11.1 Å². The van der Waals surface area contributed by atoms with Gasteiger partial charge in [-0.25, -0.2) is 4.79 Å². The maximum absolute atomic E-state index is 11.7. The van der Waals surface area contributed by atoms with Crippen molar-refractivity contribution in [2.24, 2.45) is 0 Å². The third-order valence-corrected chi connectivity index (χ3v) is 11.2. The van der Waals surface area contributed by atoms with Gasteiger partial charge in [-0.3, -0.25) is 0 Å². The van der Waals surface area contributed by atoms with Crippen LogP contribution in [0.4, 0.5) is 0 Å². The zero-order valence-corrected chi connectivity index (χ0v) is 16.8. The average Bonchev–Trinajstić information content (AvgIpc) is 2.47.